The highest BCUT2D eigenvalue weighted by Gasteiger charge is 2.14. The molecule has 1 aliphatic heterocycles. The fourth-order valence-electron chi connectivity index (χ4n) is 1.86. The molecule has 1 heterocycles. The van der Waals surface area contributed by atoms with E-state index in [1.807, 2.05) is 0 Å². The normalized spacial score (nSPS) is 19.4. The summed E-state index contributed by atoms with van der Waals surface area (Å²) in [6.45, 7) is 1.40. The van der Waals surface area contributed by atoms with Crippen molar-refractivity contribution in [2.75, 3.05) is 20.0 Å². The van der Waals surface area contributed by atoms with Crippen LogP contribution < -0.4 is 0 Å². The van der Waals surface area contributed by atoms with Gasteiger partial charge in [-0.1, -0.05) is 32.1 Å². The molecule has 1 saturated heterocycles. The van der Waals surface area contributed by atoms with Crippen LogP contribution in [0.1, 0.15) is 44.9 Å². The predicted octanol–water partition coefficient (Wildman–Crippen LogP) is 2.30. The van der Waals surface area contributed by atoms with Gasteiger partial charge in [0.1, 0.15) is 6.79 Å². The number of unbranched alkanes of at least 4 members (excludes halogenated alkanes) is 5. The van der Waals surface area contributed by atoms with E-state index in [1.54, 1.807) is 0 Å². The maximum atomic E-state index is 9.86. The average molecular weight is 247 g/mol. The predicted molar refractivity (Wildman–Crippen MR) is 61.0 cm³/mol. The van der Waals surface area contributed by atoms with Crippen molar-refractivity contribution in [3.05, 3.63) is 10.1 Å². The van der Waals surface area contributed by atoms with Gasteiger partial charge >= 0.3 is 0 Å². The minimum absolute atomic E-state index is 0.222. The third kappa shape index (κ3) is 7.93. The van der Waals surface area contributed by atoms with E-state index in [2.05, 4.69) is 4.84 Å². The lowest BCUT2D eigenvalue weighted by Crippen LogP contribution is -2.08. The van der Waals surface area contributed by atoms with Crippen LogP contribution in [0.3, 0.4) is 0 Å². The second-order valence-electron chi connectivity index (χ2n) is 4.24. The van der Waals surface area contributed by atoms with Crippen LogP contribution in [0, 0.1) is 10.1 Å². The number of hydrogen-bond acceptors (Lipinski definition) is 5. The van der Waals surface area contributed by atoms with Gasteiger partial charge in [0.05, 0.1) is 19.3 Å². The molecule has 6 heteroatoms. The molecule has 0 N–H and O–H groups in total. The SMILES string of the molecule is O=[N+]([O-])OCCCCCCCCC1COCO1. The minimum atomic E-state index is -0.732. The van der Waals surface area contributed by atoms with Crippen LogP contribution in [0.2, 0.25) is 0 Å². The Hall–Kier alpha value is -0.880. The molecule has 100 valence electrons. The third-order valence-electron chi connectivity index (χ3n) is 2.81. The first kappa shape index (κ1) is 14.2. The Bertz CT molecular complexity index is 206. The number of hydrogen-bond donors (Lipinski definition) is 0. The fraction of sp³-hybridized carbons (Fsp3) is 1.00. The highest BCUT2D eigenvalue weighted by Crippen LogP contribution is 2.13. The molecular formula is C11H21NO5. The summed E-state index contributed by atoms with van der Waals surface area (Å²) < 4.78 is 10.4. The van der Waals surface area contributed by atoms with Gasteiger partial charge in [-0.05, 0) is 12.8 Å². The van der Waals surface area contributed by atoms with E-state index in [0.29, 0.717) is 12.9 Å². The molecule has 0 aromatic carbocycles. The fourth-order valence-corrected chi connectivity index (χ4v) is 1.86. The van der Waals surface area contributed by atoms with E-state index in [4.69, 9.17) is 9.47 Å². The molecule has 17 heavy (non-hydrogen) atoms. The summed E-state index contributed by atoms with van der Waals surface area (Å²) in [4.78, 5) is 14.1. The van der Waals surface area contributed by atoms with Gasteiger partial charge in [-0.2, -0.15) is 0 Å². The molecule has 1 aliphatic rings. The second kappa shape index (κ2) is 9.18. The van der Waals surface area contributed by atoms with Crippen molar-refractivity contribution in [3.8, 4) is 0 Å². The van der Waals surface area contributed by atoms with Gasteiger partial charge in [0, 0.05) is 0 Å². The smallest absolute Gasteiger partial charge is 0.294 e. The Kier molecular flexibility index (Phi) is 7.66. The van der Waals surface area contributed by atoms with Crippen molar-refractivity contribution in [1.29, 1.82) is 0 Å². The quantitative estimate of drug-likeness (QED) is 0.336. The Balaban J connectivity index is 1.73. The molecule has 0 aromatic heterocycles. The Morgan fingerprint density at radius 3 is 2.53 bits per heavy atom. The molecule has 1 unspecified atom stereocenters. The molecule has 1 rings (SSSR count). The molecular weight excluding hydrogens is 226 g/mol. The van der Waals surface area contributed by atoms with E-state index < -0.39 is 5.09 Å². The van der Waals surface area contributed by atoms with E-state index >= 15 is 0 Å². The van der Waals surface area contributed by atoms with Crippen molar-refractivity contribution in [2.24, 2.45) is 0 Å². The lowest BCUT2D eigenvalue weighted by molar-refractivity contribution is -0.757. The van der Waals surface area contributed by atoms with Crippen LogP contribution >= 0.6 is 0 Å². The lowest BCUT2D eigenvalue weighted by Gasteiger charge is -2.06. The van der Waals surface area contributed by atoms with E-state index in [0.717, 1.165) is 32.3 Å². The van der Waals surface area contributed by atoms with Crippen LogP contribution in [0.25, 0.3) is 0 Å². The van der Waals surface area contributed by atoms with Gasteiger partial charge in [-0.25, -0.2) is 0 Å². The Morgan fingerprint density at radius 2 is 1.88 bits per heavy atom. The number of ether oxygens (including phenoxy) is 2. The average Bonchev–Trinajstić information content (AvgIpc) is 2.79. The molecule has 0 radical (unpaired) electrons. The topological polar surface area (TPSA) is 70.8 Å². The zero-order valence-electron chi connectivity index (χ0n) is 10.1. The summed E-state index contributed by atoms with van der Waals surface area (Å²) in [6, 6.07) is 0. The van der Waals surface area contributed by atoms with Gasteiger partial charge in [0.15, 0.2) is 0 Å². The van der Waals surface area contributed by atoms with Gasteiger partial charge in [-0.15, -0.1) is 10.1 Å². The van der Waals surface area contributed by atoms with Crippen molar-refractivity contribution in [1.82, 2.24) is 0 Å². The molecule has 0 aromatic rings. The molecule has 0 aliphatic carbocycles. The van der Waals surface area contributed by atoms with E-state index in [-0.39, 0.29) is 6.61 Å². The minimum Gasteiger partial charge on any atom is -0.353 e. The molecule has 6 nitrogen and oxygen atoms in total. The molecule has 0 bridgehead atoms. The summed E-state index contributed by atoms with van der Waals surface area (Å²) in [5.41, 5.74) is 0. The van der Waals surface area contributed by atoms with Crippen molar-refractivity contribution in [2.45, 2.75) is 51.0 Å². The van der Waals surface area contributed by atoms with Crippen molar-refractivity contribution < 1.29 is 19.4 Å². The zero-order chi connectivity index (χ0) is 12.3. The van der Waals surface area contributed by atoms with Crippen molar-refractivity contribution in [3.63, 3.8) is 0 Å². The summed E-state index contributed by atoms with van der Waals surface area (Å²) in [6.07, 6.45) is 7.77. The standard InChI is InChI=1S/C11H21NO5/c13-12(14)17-8-6-4-2-1-3-5-7-11-9-15-10-16-11/h11H,1-10H2. The molecule has 1 atom stereocenters. The summed E-state index contributed by atoms with van der Waals surface area (Å²) in [5.74, 6) is 0. The lowest BCUT2D eigenvalue weighted by atomic mass is 10.1. The van der Waals surface area contributed by atoms with Crippen LogP contribution in [0.4, 0.5) is 0 Å². The second-order valence-corrected chi connectivity index (χ2v) is 4.24. The van der Waals surface area contributed by atoms with E-state index in [1.165, 1.54) is 19.3 Å². The first-order valence-corrected chi connectivity index (χ1v) is 6.25. The molecule has 0 amide bonds. The van der Waals surface area contributed by atoms with Crippen LogP contribution in [-0.4, -0.2) is 31.2 Å². The molecule has 0 saturated carbocycles. The molecule has 1 fully saturated rings. The maximum Gasteiger partial charge on any atom is 0.294 e. The number of nitrogens with zero attached hydrogens (tertiary/aromatic N) is 1. The zero-order valence-corrected chi connectivity index (χ0v) is 10.1. The van der Waals surface area contributed by atoms with Crippen LogP contribution in [0.15, 0.2) is 0 Å². The van der Waals surface area contributed by atoms with Gasteiger partial charge in [0.2, 0.25) is 0 Å². The summed E-state index contributed by atoms with van der Waals surface area (Å²) in [5, 5.41) is 9.13. The van der Waals surface area contributed by atoms with E-state index in [9.17, 15) is 10.1 Å². The Labute approximate surface area is 101 Å². The highest BCUT2D eigenvalue weighted by molar-refractivity contribution is 4.60. The first-order chi connectivity index (χ1) is 8.29. The van der Waals surface area contributed by atoms with Crippen LogP contribution in [-0.2, 0) is 14.3 Å². The summed E-state index contributed by atoms with van der Waals surface area (Å²) >= 11 is 0. The third-order valence-corrected chi connectivity index (χ3v) is 2.81. The van der Waals surface area contributed by atoms with Gasteiger partial charge < -0.3 is 14.3 Å². The van der Waals surface area contributed by atoms with Crippen molar-refractivity contribution >= 4 is 0 Å². The largest absolute Gasteiger partial charge is 0.353 e. The highest BCUT2D eigenvalue weighted by atomic mass is 16.9. The maximum absolute atomic E-state index is 9.86. The molecule has 0 spiro atoms. The summed E-state index contributed by atoms with van der Waals surface area (Å²) in [7, 11) is 0. The van der Waals surface area contributed by atoms with Gasteiger partial charge in [0.25, 0.3) is 5.09 Å². The van der Waals surface area contributed by atoms with Gasteiger partial charge in [-0.3, -0.25) is 0 Å². The monoisotopic (exact) mass is 247 g/mol. The Morgan fingerprint density at radius 1 is 1.18 bits per heavy atom. The number of rotatable bonds is 10. The van der Waals surface area contributed by atoms with Crippen LogP contribution in [0.5, 0.6) is 0 Å². The first-order valence-electron chi connectivity index (χ1n) is 6.25.